The average molecular weight is 593 g/mol. The molecule has 1 aliphatic heterocycles. The van der Waals surface area contributed by atoms with Crippen LogP contribution in [0.15, 0.2) is 48.8 Å². The molecule has 1 aliphatic rings. The molecular formula is C26H27Cl2N5O5S. The molecule has 0 unspecified atom stereocenters. The van der Waals surface area contributed by atoms with Crippen LogP contribution in [-0.2, 0) is 15.1 Å². The lowest BCUT2D eigenvalue weighted by Gasteiger charge is -2.29. The summed E-state index contributed by atoms with van der Waals surface area (Å²) in [6.07, 6.45) is 3.58. The lowest BCUT2D eigenvalue weighted by molar-refractivity contribution is -0.119. The molecule has 1 fully saturated rings. The summed E-state index contributed by atoms with van der Waals surface area (Å²) in [5.41, 5.74) is 2.18. The summed E-state index contributed by atoms with van der Waals surface area (Å²) in [6.45, 7) is 5.16. The van der Waals surface area contributed by atoms with Gasteiger partial charge in [-0.3, -0.25) is 9.35 Å². The summed E-state index contributed by atoms with van der Waals surface area (Å²) in [6, 6.07) is 10.1. The van der Waals surface area contributed by atoms with Crippen molar-refractivity contribution in [3.8, 4) is 17.0 Å². The van der Waals surface area contributed by atoms with Crippen LogP contribution < -0.4 is 15.0 Å². The van der Waals surface area contributed by atoms with Crippen LogP contribution in [0.2, 0.25) is 10.0 Å². The van der Waals surface area contributed by atoms with Crippen LogP contribution in [0.3, 0.4) is 0 Å². The predicted octanol–water partition coefficient (Wildman–Crippen LogP) is 6.00. The molecule has 0 atom stereocenters. The van der Waals surface area contributed by atoms with E-state index in [0.717, 1.165) is 9.66 Å². The molecule has 0 bridgehead atoms. The minimum Gasteiger partial charge on any atom is -0.494 e. The molecule has 5 rings (SSSR count). The Balaban J connectivity index is 0.00000172. The first-order valence-corrected chi connectivity index (χ1v) is 14.3. The number of hydrogen-bond donors (Lipinski definition) is 2. The van der Waals surface area contributed by atoms with Gasteiger partial charge in [0.15, 0.2) is 0 Å². The molecule has 1 saturated heterocycles. The number of ether oxygens (including phenoxy) is 1. The van der Waals surface area contributed by atoms with Gasteiger partial charge in [0, 0.05) is 49.1 Å². The number of halogens is 2. The SMILES string of the molecule is CC.COc1cc(N2CCC(=O)CC2)c(Cl)cc1Nc1ncc(Cl)c(-c2cn(S(=O)(=O)O)c3ccccc23)n1. The van der Waals surface area contributed by atoms with Crippen LogP contribution >= 0.6 is 23.2 Å². The van der Waals surface area contributed by atoms with Crippen molar-refractivity contribution in [1.82, 2.24) is 13.9 Å². The molecule has 0 amide bonds. The first-order valence-electron chi connectivity index (χ1n) is 12.2. The summed E-state index contributed by atoms with van der Waals surface area (Å²) < 4.78 is 39.9. The van der Waals surface area contributed by atoms with E-state index in [1.165, 1.54) is 19.5 Å². The standard InChI is InChI=1S/C24H21Cl2N5O5S.C2H6/c1-36-22-11-21(30-8-6-14(32)7-9-30)17(25)10-19(22)28-24-27-12-18(26)23(29-24)16-13-31(37(33,34)35)20-5-3-2-4-15(16)20;1-2/h2-5,10-13H,6-9H2,1H3,(H,27,28,29)(H,33,34,35);1-2H3. The van der Waals surface area contributed by atoms with E-state index in [9.17, 15) is 17.8 Å². The lowest BCUT2D eigenvalue weighted by atomic mass is 10.1. The fraction of sp³-hybridized carbons (Fsp3) is 0.269. The Bertz CT molecular complexity index is 1630. The Morgan fingerprint density at radius 2 is 1.77 bits per heavy atom. The Hall–Kier alpha value is -3.38. The van der Waals surface area contributed by atoms with Gasteiger partial charge in [0.1, 0.15) is 11.5 Å². The van der Waals surface area contributed by atoms with Gasteiger partial charge in [-0.05, 0) is 12.1 Å². The zero-order valence-electron chi connectivity index (χ0n) is 21.5. The fourth-order valence-corrected chi connectivity index (χ4v) is 5.44. The summed E-state index contributed by atoms with van der Waals surface area (Å²) in [4.78, 5) is 22.4. The molecule has 0 saturated carbocycles. The average Bonchev–Trinajstić information content (AvgIpc) is 3.32. The first kappa shape index (κ1) is 28.6. The highest BCUT2D eigenvalue weighted by Gasteiger charge is 2.22. The third kappa shape index (κ3) is 5.96. The normalized spacial score (nSPS) is 13.7. The van der Waals surface area contributed by atoms with E-state index in [1.54, 1.807) is 36.4 Å². The molecule has 0 aliphatic carbocycles. The van der Waals surface area contributed by atoms with E-state index in [1.807, 2.05) is 18.7 Å². The number of rotatable bonds is 6. The number of ketones is 1. The van der Waals surface area contributed by atoms with Gasteiger partial charge in [-0.25, -0.2) is 13.9 Å². The van der Waals surface area contributed by atoms with Gasteiger partial charge in [-0.15, -0.1) is 0 Å². The highest BCUT2D eigenvalue weighted by atomic mass is 35.5. The predicted molar refractivity (Wildman–Crippen MR) is 154 cm³/mol. The fourth-order valence-electron chi connectivity index (χ4n) is 4.31. The summed E-state index contributed by atoms with van der Waals surface area (Å²) >= 11 is 13.0. The second kappa shape index (κ2) is 11.8. The van der Waals surface area contributed by atoms with Crippen molar-refractivity contribution in [2.24, 2.45) is 0 Å². The van der Waals surface area contributed by atoms with Crippen LogP contribution in [0.1, 0.15) is 26.7 Å². The quantitative estimate of drug-likeness (QED) is 0.259. The van der Waals surface area contributed by atoms with E-state index >= 15 is 0 Å². The van der Waals surface area contributed by atoms with Crippen LogP contribution in [0, 0.1) is 0 Å². The molecule has 13 heteroatoms. The van der Waals surface area contributed by atoms with Gasteiger partial charge >= 0.3 is 10.3 Å². The Kier molecular flexibility index (Phi) is 8.65. The zero-order chi connectivity index (χ0) is 28.3. The van der Waals surface area contributed by atoms with Gasteiger partial charge in [0.2, 0.25) is 5.95 Å². The molecule has 2 aromatic heterocycles. The van der Waals surface area contributed by atoms with Crippen molar-refractivity contribution in [3.63, 3.8) is 0 Å². The Morgan fingerprint density at radius 3 is 2.44 bits per heavy atom. The molecule has 4 aromatic rings. The van der Waals surface area contributed by atoms with E-state index in [0.29, 0.717) is 53.3 Å². The topological polar surface area (TPSA) is 127 Å². The molecule has 10 nitrogen and oxygen atoms in total. The smallest absolute Gasteiger partial charge is 0.363 e. The number of carbonyl (C=O) groups excluding carboxylic acids is 1. The molecular weight excluding hydrogens is 565 g/mol. The monoisotopic (exact) mass is 591 g/mol. The van der Waals surface area contributed by atoms with Gasteiger partial charge in [-0.1, -0.05) is 55.2 Å². The number of aromatic nitrogens is 3. The number of benzene rings is 2. The van der Waals surface area contributed by atoms with Gasteiger partial charge in [0.05, 0.1) is 45.9 Å². The van der Waals surface area contributed by atoms with Crippen LogP contribution in [0.25, 0.3) is 22.2 Å². The number of para-hydroxylation sites is 1. The van der Waals surface area contributed by atoms with Gasteiger partial charge in [0.25, 0.3) is 0 Å². The molecule has 2 aromatic carbocycles. The minimum atomic E-state index is -4.56. The molecule has 206 valence electrons. The number of carbonyl (C=O) groups is 1. The van der Waals surface area contributed by atoms with Crippen LogP contribution in [0.4, 0.5) is 17.3 Å². The maximum absolute atomic E-state index is 11.9. The summed E-state index contributed by atoms with van der Waals surface area (Å²) in [5, 5.41) is 4.26. The van der Waals surface area contributed by atoms with Crippen molar-refractivity contribution in [2.75, 3.05) is 30.4 Å². The second-order valence-corrected chi connectivity index (χ2v) is 10.5. The molecule has 39 heavy (non-hydrogen) atoms. The highest BCUT2D eigenvalue weighted by molar-refractivity contribution is 7.84. The largest absolute Gasteiger partial charge is 0.494 e. The third-order valence-electron chi connectivity index (χ3n) is 6.10. The molecule has 2 N–H and O–H groups in total. The zero-order valence-corrected chi connectivity index (χ0v) is 23.8. The van der Waals surface area contributed by atoms with Gasteiger partial charge < -0.3 is 15.0 Å². The summed E-state index contributed by atoms with van der Waals surface area (Å²) in [5.74, 6) is 0.876. The Labute approximate surface area is 236 Å². The van der Waals surface area contributed by atoms with E-state index in [-0.39, 0.29) is 28.0 Å². The first-order chi connectivity index (χ1) is 18.7. The number of fused-ring (bicyclic) bond motifs is 1. The lowest BCUT2D eigenvalue weighted by Crippen LogP contribution is -2.33. The summed E-state index contributed by atoms with van der Waals surface area (Å²) in [7, 11) is -3.03. The maximum Gasteiger partial charge on any atom is 0.363 e. The van der Waals surface area contributed by atoms with Crippen molar-refractivity contribution in [3.05, 3.63) is 58.8 Å². The second-order valence-electron chi connectivity index (χ2n) is 8.38. The number of Topliss-reactive ketones (excluding diaryl/α,β-unsaturated/α-hetero) is 1. The van der Waals surface area contributed by atoms with E-state index in [4.69, 9.17) is 27.9 Å². The minimum absolute atomic E-state index is 0.161. The number of anilines is 3. The van der Waals surface area contributed by atoms with E-state index in [2.05, 4.69) is 15.3 Å². The molecule has 0 spiro atoms. The van der Waals surface area contributed by atoms with Crippen LogP contribution in [-0.4, -0.2) is 52.9 Å². The van der Waals surface area contributed by atoms with Crippen molar-refractivity contribution in [2.45, 2.75) is 26.7 Å². The van der Waals surface area contributed by atoms with Crippen molar-refractivity contribution in [1.29, 1.82) is 0 Å². The number of hydrogen-bond acceptors (Lipinski definition) is 8. The Morgan fingerprint density at radius 1 is 1.08 bits per heavy atom. The maximum atomic E-state index is 11.9. The number of nitrogens with zero attached hydrogens (tertiary/aromatic N) is 4. The third-order valence-corrected chi connectivity index (χ3v) is 7.48. The molecule has 0 radical (unpaired) electrons. The van der Waals surface area contributed by atoms with E-state index < -0.39 is 10.3 Å². The van der Waals surface area contributed by atoms with Gasteiger partial charge in [-0.2, -0.15) is 8.42 Å². The van der Waals surface area contributed by atoms with Crippen molar-refractivity contribution >= 4 is 67.5 Å². The number of methoxy groups -OCH3 is 1. The van der Waals surface area contributed by atoms with Crippen LogP contribution in [0.5, 0.6) is 5.75 Å². The molecule has 3 heterocycles. The highest BCUT2D eigenvalue weighted by Crippen LogP contribution is 2.39. The number of nitrogens with one attached hydrogen (secondary N) is 1. The number of piperidine rings is 1. The van der Waals surface area contributed by atoms with Crippen molar-refractivity contribution < 1.29 is 22.5 Å².